The second-order valence-corrected chi connectivity index (χ2v) is 8.01. The molecule has 8 nitrogen and oxygen atoms in total. The van der Waals surface area contributed by atoms with Crippen molar-refractivity contribution in [2.75, 3.05) is 13.1 Å². The predicted molar refractivity (Wildman–Crippen MR) is 118 cm³/mol. The maximum absolute atomic E-state index is 13.4. The molecule has 1 fully saturated rings. The quantitative estimate of drug-likeness (QED) is 0.293. The number of nitrogens with one attached hydrogen (secondary N) is 1. The minimum Gasteiger partial charge on any atom is -0.484 e. The summed E-state index contributed by atoms with van der Waals surface area (Å²) in [7, 11) is 0. The summed E-state index contributed by atoms with van der Waals surface area (Å²) in [5.41, 5.74) is 3.04. The van der Waals surface area contributed by atoms with Crippen LogP contribution in [0.15, 0.2) is 53.1 Å². The van der Waals surface area contributed by atoms with Crippen LogP contribution in [0.25, 0.3) is 6.08 Å². The molecule has 0 aliphatic carbocycles. The van der Waals surface area contributed by atoms with E-state index in [-0.39, 0.29) is 12.5 Å². The molecule has 1 aliphatic rings. The number of halogens is 2. The highest BCUT2D eigenvalue weighted by Gasteiger charge is 2.25. The summed E-state index contributed by atoms with van der Waals surface area (Å²) in [4.78, 5) is 17.7. The molecule has 0 saturated carbocycles. The van der Waals surface area contributed by atoms with Crippen molar-refractivity contribution >= 4 is 12.0 Å². The number of hydrogen-bond donors (Lipinski definition) is 2. The van der Waals surface area contributed by atoms with Gasteiger partial charge in [0, 0.05) is 18.5 Å². The maximum Gasteiger partial charge on any atom is 0.267 e. The van der Waals surface area contributed by atoms with E-state index in [1.165, 1.54) is 17.6 Å². The Morgan fingerprint density at radius 2 is 1.94 bits per heavy atom. The van der Waals surface area contributed by atoms with E-state index in [0.29, 0.717) is 24.0 Å². The van der Waals surface area contributed by atoms with Gasteiger partial charge in [0.05, 0.1) is 0 Å². The Morgan fingerprint density at radius 1 is 1.18 bits per heavy atom. The summed E-state index contributed by atoms with van der Waals surface area (Å²) in [6, 6.07) is 11.0. The fourth-order valence-corrected chi connectivity index (χ4v) is 3.77. The number of hydroxylamine groups is 1. The number of aromatic nitrogens is 2. The van der Waals surface area contributed by atoms with Crippen LogP contribution in [0.5, 0.6) is 5.75 Å². The van der Waals surface area contributed by atoms with E-state index in [0.717, 1.165) is 43.1 Å². The first-order chi connectivity index (χ1) is 16.5. The van der Waals surface area contributed by atoms with Crippen molar-refractivity contribution in [3.8, 4) is 5.75 Å². The lowest BCUT2D eigenvalue weighted by atomic mass is 9.96. The molecule has 0 radical (unpaired) electrons. The zero-order valence-corrected chi connectivity index (χ0v) is 18.3. The van der Waals surface area contributed by atoms with Crippen LogP contribution in [-0.4, -0.2) is 39.2 Å². The van der Waals surface area contributed by atoms with Crippen molar-refractivity contribution < 1.29 is 28.0 Å². The van der Waals surface area contributed by atoms with Crippen molar-refractivity contribution in [2.24, 2.45) is 0 Å². The standard InChI is InChI=1S/C24H24F2N4O4/c25-20-7-3-17(13-21(20)26)14-30-11-9-18(10-12-30)24-27-23(34-29-24)15-33-19-5-1-16(2-6-19)4-8-22(31)28-32/h1-8,13,18,32H,9-12,14-15H2,(H,28,31). The van der Waals surface area contributed by atoms with Gasteiger partial charge in [0.15, 0.2) is 24.1 Å². The van der Waals surface area contributed by atoms with Crippen molar-refractivity contribution in [2.45, 2.75) is 31.9 Å². The second kappa shape index (κ2) is 11.0. The van der Waals surface area contributed by atoms with Gasteiger partial charge in [-0.1, -0.05) is 23.4 Å². The third-order valence-corrected chi connectivity index (χ3v) is 5.61. The van der Waals surface area contributed by atoms with Gasteiger partial charge in [-0.15, -0.1) is 0 Å². The van der Waals surface area contributed by atoms with Crippen LogP contribution in [-0.2, 0) is 17.9 Å². The number of carbonyl (C=O) groups excluding carboxylic acids is 1. The Balaban J connectivity index is 1.24. The number of hydrogen-bond acceptors (Lipinski definition) is 7. The molecule has 3 aromatic rings. The summed E-state index contributed by atoms with van der Waals surface area (Å²) in [5.74, 6) is -0.472. The fraction of sp³-hybridized carbons (Fsp3) is 0.292. The van der Waals surface area contributed by atoms with E-state index in [4.69, 9.17) is 14.5 Å². The van der Waals surface area contributed by atoms with Gasteiger partial charge in [0.2, 0.25) is 0 Å². The number of likely N-dealkylation sites (tertiary alicyclic amines) is 1. The summed E-state index contributed by atoms with van der Waals surface area (Å²) >= 11 is 0. The van der Waals surface area contributed by atoms with Crippen LogP contribution in [0.3, 0.4) is 0 Å². The predicted octanol–water partition coefficient (Wildman–Crippen LogP) is 3.83. The van der Waals surface area contributed by atoms with Gasteiger partial charge >= 0.3 is 0 Å². The topological polar surface area (TPSA) is 101 Å². The Morgan fingerprint density at radius 3 is 2.65 bits per heavy atom. The average molecular weight is 470 g/mol. The zero-order chi connectivity index (χ0) is 23.9. The molecule has 1 aliphatic heterocycles. The highest BCUT2D eigenvalue weighted by atomic mass is 19.2. The molecule has 1 amide bonds. The Bertz CT molecular complexity index is 1140. The molecule has 2 heterocycles. The SMILES string of the molecule is O=C(C=Cc1ccc(OCc2nc(C3CCN(Cc4ccc(F)c(F)c4)CC3)no2)cc1)NO. The Hall–Kier alpha value is -3.63. The third kappa shape index (κ3) is 6.24. The number of rotatable bonds is 8. The van der Waals surface area contributed by atoms with Gasteiger partial charge in [-0.25, -0.2) is 14.3 Å². The largest absolute Gasteiger partial charge is 0.484 e. The minimum atomic E-state index is -0.835. The van der Waals surface area contributed by atoms with Crippen molar-refractivity contribution in [3.63, 3.8) is 0 Å². The van der Waals surface area contributed by atoms with E-state index >= 15 is 0 Å². The van der Waals surface area contributed by atoms with Gasteiger partial charge < -0.3 is 9.26 Å². The molecule has 2 N–H and O–H groups in total. The number of amides is 1. The van der Waals surface area contributed by atoms with Crippen LogP contribution in [0.1, 0.15) is 41.6 Å². The monoisotopic (exact) mass is 470 g/mol. The number of carbonyl (C=O) groups is 1. The number of benzene rings is 2. The number of nitrogens with zero attached hydrogens (tertiary/aromatic N) is 3. The number of ether oxygens (including phenoxy) is 1. The minimum absolute atomic E-state index is 0.129. The Labute approximate surface area is 194 Å². The van der Waals surface area contributed by atoms with E-state index in [2.05, 4.69) is 15.0 Å². The van der Waals surface area contributed by atoms with Gasteiger partial charge in [-0.2, -0.15) is 4.98 Å². The van der Waals surface area contributed by atoms with Crippen LogP contribution < -0.4 is 10.2 Å². The van der Waals surface area contributed by atoms with E-state index in [1.807, 2.05) is 0 Å². The van der Waals surface area contributed by atoms with E-state index in [1.54, 1.807) is 36.4 Å². The summed E-state index contributed by atoms with van der Waals surface area (Å²) in [6.45, 7) is 2.29. The highest BCUT2D eigenvalue weighted by molar-refractivity contribution is 5.90. The highest BCUT2D eigenvalue weighted by Crippen LogP contribution is 2.27. The molecular weight excluding hydrogens is 446 g/mol. The first-order valence-electron chi connectivity index (χ1n) is 10.8. The summed E-state index contributed by atoms with van der Waals surface area (Å²) in [5, 5.41) is 12.6. The number of piperidine rings is 1. The van der Waals surface area contributed by atoms with Crippen molar-refractivity contribution in [3.05, 3.63) is 83.0 Å². The van der Waals surface area contributed by atoms with E-state index < -0.39 is 17.5 Å². The van der Waals surface area contributed by atoms with Gasteiger partial charge in [0.1, 0.15) is 5.75 Å². The smallest absolute Gasteiger partial charge is 0.267 e. The maximum atomic E-state index is 13.4. The van der Waals surface area contributed by atoms with E-state index in [9.17, 15) is 13.6 Å². The summed E-state index contributed by atoms with van der Waals surface area (Å²) < 4.78 is 37.6. The van der Waals surface area contributed by atoms with Crippen molar-refractivity contribution in [1.29, 1.82) is 0 Å². The molecule has 0 spiro atoms. The molecular formula is C24H24F2N4O4. The molecule has 0 bridgehead atoms. The third-order valence-electron chi connectivity index (χ3n) is 5.61. The van der Waals surface area contributed by atoms with Crippen molar-refractivity contribution in [1.82, 2.24) is 20.5 Å². The molecule has 1 saturated heterocycles. The van der Waals surface area contributed by atoms with Crippen LogP contribution >= 0.6 is 0 Å². The lowest BCUT2D eigenvalue weighted by Gasteiger charge is -2.30. The second-order valence-electron chi connectivity index (χ2n) is 8.01. The normalized spacial score (nSPS) is 15.0. The van der Waals surface area contributed by atoms with Gasteiger partial charge in [0.25, 0.3) is 11.8 Å². The van der Waals surface area contributed by atoms with Gasteiger partial charge in [-0.05, 0) is 67.4 Å². The molecule has 10 heteroatoms. The average Bonchev–Trinajstić information content (AvgIpc) is 3.34. The van der Waals surface area contributed by atoms with Gasteiger partial charge in [-0.3, -0.25) is 14.9 Å². The first-order valence-corrected chi connectivity index (χ1v) is 10.8. The fourth-order valence-electron chi connectivity index (χ4n) is 3.77. The zero-order valence-electron chi connectivity index (χ0n) is 18.3. The molecule has 34 heavy (non-hydrogen) atoms. The molecule has 0 atom stereocenters. The molecule has 2 aromatic carbocycles. The Kier molecular flexibility index (Phi) is 7.61. The lowest BCUT2D eigenvalue weighted by molar-refractivity contribution is -0.124. The molecule has 4 rings (SSSR count). The molecule has 0 unspecified atom stereocenters. The first kappa shape index (κ1) is 23.5. The molecule has 1 aromatic heterocycles. The summed E-state index contributed by atoms with van der Waals surface area (Å²) in [6.07, 6.45) is 4.45. The lowest BCUT2D eigenvalue weighted by Crippen LogP contribution is -2.32. The van der Waals surface area contributed by atoms with Crippen LogP contribution in [0.4, 0.5) is 8.78 Å². The van der Waals surface area contributed by atoms with Crippen LogP contribution in [0, 0.1) is 11.6 Å². The van der Waals surface area contributed by atoms with Crippen LogP contribution in [0.2, 0.25) is 0 Å². The molecule has 178 valence electrons.